The van der Waals surface area contributed by atoms with E-state index in [-0.39, 0.29) is 25.2 Å². The molecule has 2 bridgehead atoms. The van der Waals surface area contributed by atoms with Gasteiger partial charge in [0.1, 0.15) is 17.8 Å². The lowest BCUT2D eigenvalue weighted by Crippen LogP contribution is -2.79. The van der Waals surface area contributed by atoms with E-state index in [2.05, 4.69) is 0 Å². The Morgan fingerprint density at radius 2 is 1.77 bits per heavy atom. The first-order valence-electron chi connectivity index (χ1n) is 13.4. The maximum absolute atomic E-state index is 13.6. The van der Waals surface area contributed by atoms with Crippen LogP contribution in [0.1, 0.15) is 40.5 Å². The Balaban J connectivity index is 1.51. The molecule has 3 saturated heterocycles. The van der Waals surface area contributed by atoms with Gasteiger partial charge in [-0.25, -0.2) is 14.4 Å². The van der Waals surface area contributed by atoms with Crippen LogP contribution in [0, 0.1) is 28.6 Å². The summed E-state index contributed by atoms with van der Waals surface area (Å²) in [6.07, 6.45) is -4.90. The first kappa shape index (κ1) is 27.4. The number of carbonyl (C=O) groups excluding carboxylic acids is 4. The summed E-state index contributed by atoms with van der Waals surface area (Å²) in [5.41, 5.74) is -4.23. The zero-order chi connectivity index (χ0) is 29.2. The van der Waals surface area contributed by atoms with Crippen molar-refractivity contribution in [2.24, 2.45) is 28.6 Å². The highest BCUT2D eigenvalue weighted by Crippen LogP contribution is 2.72. The highest BCUT2D eigenvalue weighted by atomic mass is 16.6. The lowest BCUT2D eigenvalue weighted by atomic mass is 9.38. The quantitative estimate of drug-likeness (QED) is 0.185. The molecule has 12 nitrogen and oxygen atoms in total. The molecule has 1 spiro atoms. The minimum absolute atomic E-state index is 0.152. The fraction of sp³-hybridized carbons (Fsp3) is 0.714. The van der Waals surface area contributed by atoms with Gasteiger partial charge in [-0.2, -0.15) is 0 Å². The average molecular weight is 563 g/mol. The molecule has 3 aliphatic heterocycles. The molecule has 5 fully saturated rings. The number of ketones is 1. The van der Waals surface area contributed by atoms with Crippen molar-refractivity contribution in [1.82, 2.24) is 0 Å². The van der Waals surface area contributed by atoms with Gasteiger partial charge in [-0.3, -0.25) is 4.79 Å². The highest BCUT2D eigenvalue weighted by Gasteiger charge is 2.85. The van der Waals surface area contributed by atoms with Crippen molar-refractivity contribution in [2.75, 3.05) is 20.3 Å². The maximum Gasteiger partial charge on any atom is 0.348 e. The van der Waals surface area contributed by atoms with Gasteiger partial charge in [-0.1, -0.05) is 6.92 Å². The molecule has 40 heavy (non-hydrogen) atoms. The van der Waals surface area contributed by atoms with E-state index in [1.54, 1.807) is 27.7 Å². The number of hydrogen-bond acceptors (Lipinski definition) is 12. The second-order valence-corrected chi connectivity index (χ2v) is 12.6. The second kappa shape index (κ2) is 8.37. The van der Waals surface area contributed by atoms with Crippen molar-refractivity contribution >= 4 is 23.7 Å². The van der Waals surface area contributed by atoms with Crippen LogP contribution in [0.4, 0.5) is 0 Å². The van der Waals surface area contributed by atoms with Gasteiger partial charge in [0.05, 0.1) is 32.3 Å². The monoisotopic (exact) mass is 562 g/mol. The number of carbonyl (C=O) groups is 4. The van der Waals surface area contributed by atoms with Gasteiger partial charge < -0.3 is 39.0 Å². The minimum Gasteiger partial charge on any atom is -0.504 e. The van der Waals surface area contributed by atoms with Crippen molar-refractivity contribution in [3.05, 3.63) is 23.0 Å². The van der Waals surface area contributed by atoms with Gasteiger partial charge in [-0.05, 0) is 49.7 Å². The number of fused-ring (bicyclic) bond motifs is 2. The first-order chi connectivity index (χ1) is 18.7. The van der Waals surface area contributed by atoms with E-state index in [4.69, 9.17) is 23.7 Å². The Labute approximate surface area is 230 Å². The number of Topliss-reactive ketones (excluding diaryl/α,β-unsaturated/α-hetero) is 1. The zero-order valence-electron chi connectivity index (χ0n) is 23.0. The molecule has 2 saturated carbocycles. The summed E-state index contributed by atoms with van der Waals surface area (Å²) in [6.45, 7) is 7.09. The number of esters is 3. The van der Waals surface area contributed by atoms with Crippen molar-refractivity contribution < 1.29 is 58.2 Å². The van der Waals surface area contributed by atoms with Gasteiger partial charge in [0.25, 0.3) is 0 Å². The Hall–Kier alpha value is -2.80. The highest BCUT2D eigenvalue weighted by molar-refractivity contribution is 5.95. The van der Waals surface area contributed by atoms with Crippen LogP contribution in [-0.2, 0) is 42.9 Å². The number of aliphatic hydroxyl groups excluding tert-OH is 3. The fourth-order valence-corrected chi connectivity index (χ4v) is 8.68. The van der Waals surface area contributed by atoms with Gasteiger partial charge in [0.2, 0.25) is 11.7 Å². The third-order valence-corrected chi connectivity index (χ3v) is 10.8. The van der Waals surface area contributed by atoms with Crippen LogP contribution in [0.2, 0.25) is 0 Å². The zero-order valence-corrected chi connectivity index (χ0v) is 23.0. The van der Waals surface area contributed by atoms with Gasteiger partial charge >= 0.3 is 17.9 Å². The number of epoxide rings is 1. The van der Waals surface area contributed by atoms with Crippen molar-refractivity contribution in [3.8, 4) is 0 Å². The predicted molar refractivity (Wildman–Crippen MR) is 131 cm³/mol. The number of hydrogen-bond donors (Lipinski definition) is 3. The molecular formula is C28H34O12. The van der Waals surface area contributed by atoms with Crippen LogP contribution in [0.3, 0.4) is 0 Å². The SMILES string of the molecule is COC(=O)[C@@]12OC[C@]34[C@H]([C@@H](O)[C@@H]1O)[C@@]1(C)CC(=O)C(O)=C(C)[C@@H]1C[C@H]3OC(=O)[C@H](OC(=O)/C=C(\C)C1(C)CO1)[C@@H]24. The van der Waals surface area contributed by atoms with Crippen LogP contribution in [0.15, 0.2) is 23.0 Å². The summed E-state index contributed by atoms with van der Waals surface area (Å²) >= 11 is 0. The molecule has 218 valence electrons. The summed E-state index contributed by atoms with van der Waals surface area (Å²) in [6, 6.07) is 0. The van der Waals surface area contributed by atoms with Crippen molar-refractivity contribution in [2.45, 2.75) is 76.2 Å². The van der Waals surface area contributed by atoms with Gasteiger partial charge in [0, 0.05) is 23.8 Å². The van der Waals surface area contributed by atoms with Gasteiger partial charge in [-0.15, -0.1) is 0 Å². The summed E-state index contributed by atoms with van der Waals surface area (Å²) < 4.78 is 28.1. The molecular weight excluding hydrogens is 528 g/mol. The number of methoxy groups -OCH3 is 1. The first-order valence-corrected chi connectivity index (χ1v) is 13.4. The molecule has 12 heteroatoms. The van der Waals surface area contributed by atoms with E-state index in [1.807, 2.05) is 0 Å². The normalized spacial score (nSPS) is 49.1. The van der Waals surface area contributed by atoms with Crippen LogP contribution in [0.5, 0.6) is 0 Å². The molecule has 3 aliphatic carbocycles. The van der Waals surface area contributed by atoms with Crippen molar-refractivity contribution in [3.63, 3.8) is 0 Å². The fourth-order valence-electron chi connectivity index (χ4n) is 8.68. The Morgan fingerprint density at radius 3 is 2.40 bits per heavy atom. The number of aliphatic hydroxyl groups is 3. The average Bonchev–Trinajstić information content (AvgIpc) is 3.58. The summed E-state index contributed by atoms with van der Waals surface area (Å²) in [7, 11) is 1.09. The second-order valence-electron chi connectivity index (χ2n) is 12.6. The predicted octanol–water partition coefficient (Wildman–Crippen LogP) is 0.286. The molecule has 6 aliphatic rings. The number of allylic oxidation sites excluding steroid dienone is 2. The van der Waals surface area contributed by atoms with Crippen LogP contribution >= 0.6 is 0 Å². The van der Waals surface area contributed by atoms with Crippen LogP contribution in [0.25, 0.3) is 0 Å². The molecule has 3 heterocycles. The summed E-state index contributed by atoms with van der Waals surface area (Å²) in [4.78, 5) is 53.0. The van der Waals surface area contributed by atoms with Crippen molar-refractivity contribution in [1.29, 1.82) is 0 Å². The van der Waals surface area contributed by atoms with E-state index in [0.29, 0.717) is 17.8 Å². The molecule has 0 aromatic carbocycles. The van der Waals surface area contributed by atoms with Gasteiger partial charge in [0.15, 0.2) is 11.5 Å². The lowest BCUT2D eigenvalue weighted by molar-refractivity contribution is -0.290. The Morgan fingerprint density at radius 1 is 1.10 bits per heavy atom. The maximum atomic E-state index is 13.6. The topological polar surface area (TPSA) is 178 Å². The lowest BCUT2D eigenvalue weighted by Gasteiger charge is -2.67. The van der Waals surface area contributed by atoms with Crippen LogP contribution in [-0.4, -0.2) is 95.0 Å². The largest absolute Gasteiger partial charge is 0.504 e. The van der Waals surface area contributed by atoms with E-state index in [0.717, 1.165) is 7.11 Å². The summed E-state index contributed by atoms with van der Waals surface area (Å²) in [5, 5.41) is 33.8. The van der Waals surface area contributed by atoms with E-state index in [1.165, 1.54) is 6.08 Å². The molecule has 0 radical (unpaired) electrons. The standard InChI is InChI=1S/C28H34O12/c1-11(26(4)9-37-26)6-16(30)40-19-21-27-10-38-28(21,24(35)36-5)22(33)18(32)20(27)25(3)8-14(29)17(31)12(2)13(25)7-15(27)39-23(19)34/h6,13,15,18-22,31-33H,7-10H2,1-5H3/b11-6+/t13-,15+,18+,19+,20+,21+,22-,25-,26?,27+,28-/m0/s1. The smallest absolute Gasteiger partial charge is 0.348 e. The molecule has 3 N–H and O–H groups in total. The Kier molecular flexibility index (Phi) is 5.73. The summed E-state index contributed by atoms with van der Waals surface area (Å²) in [5.74, 6) is -6.43. The van der Waals surface area contributed by atoms with Crippen LogP contribution < -0.4 is 0 Å². The third-order valence-electron chi connectivity index (χ3n) is 10.8. The van der Waals surface area contributed by atoms with E-state index in [9.17, 15) is 34.5 Å². The molecule has 0 aromatic rings. The molecule has 0 aromatic heterocycles. The molecule has 11 atom stereocenters. The number of rotatable bonds is 4. The van der Waals surface area contributed by atoms with E-state index < -0.39 is 87.9 Å². The minimum atomic E-state index is -2.24. The molecule has 1 unspecified atom stereocenters. The van der Waals surface area contributed by atoms with E-state index >= 15 is 0 Å². The molecule has 0 amide bonds. The number of ether oxygens (including phenoxy) is 5. The third kappa shape index (κ3) is 3.16. The molecule has 6 rings (SSSR count). The Bertz CT molecular complexity index is 1280.